The van der Waals surface area contributed by atoms with Crippen LogP contribution in [0.1, 0.15) is 10.4 Å². The van der Waals surface area contributed by atoms with Crippen molar-refractivity contribution < 1.29 is 18.4 Å². The average Bonchev–Trinajstić information content (AvgIpc) is 2.24. The Labute approximate surface area is 90.1 Å². The lowest BCUT2D eigenvalue weighted by molar-refractivity contribution is -0.0757. The second kappa shape index (κ2) is 4.55. The molecule has 0 aliphatic heterocycles. The molecule has 82 valence electrons. The molecular weight excluding hydrogens is 228 g/mol. The molecule has 0 N–H and O–H groups in total. The molecule has 0 atom stereocenters. The topological polar surface area (TPSA) is 29.5 Å². The first-order chi connectivity index (χ1) is 6.99. The smallest absolute Gasteiger partial charge is 0.274 e. The lowest BCUT2D eigenvalue weighted by atomic mass is 10.2. The minimum absolute atomic E-state index is 0.153. The molecule has 3 nitrogen and oxygen atoms in total. The maximum absolute atomic E-state index is 13.0. The first-order valence-electron chi connectivity index (χ1n) is 3.94. The molecule has 1 rings (SSSR count). The SMILES string of the molecule is CON(C)C(=O)c1ccc(F)c(F)c1Cl. The van der Waals surface area contributed by atoms with Crippen LogP contribution in [0.5, 0.6) is 0 Å². The molecule has 0 aliphatic carbocycles. The van der Waals surface area contributed by atoms with Gasteiger partial charge in [-0.25, -0.2) is 13.8 Å². The summed E-state index contributed by atoms with van der Waals surface area (Å²) in [6.07, 6.45) is 0. The van der Waals surface area contributed by atoms with E-state index < -0.39 is 22.6 Å². The highest BCUT2D eigenvalue weighted by Gasteiger charge is 2.19. The second-order valence-corrected chi connectivity index (χ2v) is 3.09. The fraction of sp³-hybridized carbons (Fsp3) is 0.222. The summed E-state index contributed by atoms with van der Waals surface area (Å²) in [6.45, 7) is 0. The van der Waals surface area contributed by atoms with E-state index in [1.54, 1.807) is 0 Å². The summed E-state index contributed by atoms with van der Waals surface area (Å²) in [7, 11) is 2.60. The molecule has 0 radical (unpaired) electrons. The van der Waals surface area contributed by atoms with Gasteiger partial charge in [0.1, 0.15) is 0 Å². The highest BCUT2D eigenvalue weighted by Crippen LogP contribution is 2.23. The van der Waals surface area contributed by atoms with Gasteiger partial charge in [-0.1, -0.05) is 11.6 Å². The quantitative estimate of drug-likeness (QED) is 0.581. The van der Waals surface area contributed by atoms with Crippen molar-refractivity contribution in [3.05, 3.63) is 34.4 Å². The molecule has 0 aliphatic rings. The summed E-state index contributed by atoms with van der Waals surface area (Å²) in [5, 5.41) is 0.308. The van der Waals surface area contributed by atoms with Crippen molar-refractivity contribution in [3.8, 4) is 0 Å². The number of amides is 1. The zero-order valence-corrected chi connectivity index (χ0v) is 8.81. The number of hydrogen-bond acceptors (Lipinski definition) is 2. The van der Waals surface area contributed by atoms with Gasteiger partial charge in [-0.05, 0) is 12.1 Å². The summed E-state index contributed by atoms with van der Waals surface area (Å²) < 4.78 is 25.7. The molecule has 0 aromatic heterocycles. The number of carbonyl (C=O) groups is 1. The summed E-state index contributed by atoms with van der Waals surface area (Å²) in [5.74, 6) is -3.00. The molecule has 0 saturated carbocycles. The van der Waals surface area contributed by atoms with Crippen LogP contribution in [-0.2, 0) is 4.84 Å². The Hall–Kier alpha value is -1.20. The third-order valence-corrected chi connectivity index (χ3v) is 2.19. The van der Waals surface area contributed by atoms with Crippen LogP contribution in [-0.4, -0.2) is 25.1 Å². The zero-order valence-electron chi connectivity index (χ0n) is 8.05. The fourth-order valence-electron chi connectivity index (χ4n) is 0.944. The normalized spacial score (nSPS) is 10.2. The van der Waals surface area contributed by atoms with Crippen molar-refractivity contribution in [2.75, 3.05) is 14.2 Å². The summed E-state index contributed by atoms with van der Waals surface area (Å²) in [6, 6.07) is 1.93. The number of benzene rings is 1. The van der Waals surface area contributed by atoms with Gasteiger partial charge in [0.15, 0.2) is 11.6 Å². The molecule has 15 heavy (non-hydrogen) atoms. The third-order valence-electron chi connectivity index (χ3n) is 1.83. The molecule has 0 bridgehead atoms. The number of rotatable bonds is 2. The van der Waals surface area contributed by atoms with Crippen LogP contribution >= 0.6 is 11.6 Å². The van der Waals surface area contributed by atoms with E-state index in [2.05, 4.69) is 4.84 Å². The van der Waals surface area contributed by atoms with Gasteiger partial charge < -0.3 is 0 Å². The van der Waals surface area contributed by atoms with E-state index in [0.29, 0.717) is 0 Å². The van der Waals surface area contributed by atoms with Crippen molar-refractivity contribution in [3.63, 3.8) is 0 Å². The van der Waals surface area contributed by atoms with Crippen LogP contribution in [0.25, 0.3) is 0 Å². The Kier molecular flexibility index (Phi) is 3.60. The predicted molar refractivity (Wildman–Crippen MR) is 50.5 cm³/mol. The lowest BCUT2D eigenvalue weighted by Gasteiger charge is -2.14. The highest BCUT2D eigenvalue weighted by molar-refractivity contribution is 6.33. The van der Waals surface area contributed by atoms with Gasteiger partial charge in [0.05, 0.1) is 17.7 Å². The van der Waals surface area contributed by atoms with E-state index in [9.17, 15) is 13.6 Å². The minimum Gasteiger partial charge on any atom is -0.274 e. The van der Waals surface area contributed by atoms with Crippen LogP contribution < -0.4 is 0 Å². The van der Waals surface area contributed by atoms with E-state index in [4.69, 9.17) is 11.6 Å². The maximum atomic E-state index is 13.0. The molecule has 0 unspecified atom stereocenters. The first-order valence-corrected chi connectivity index (χ1v) is 4.32. The number of hydrogen-bond donors (Lipinski definition) is 0. The Morgan fingerprint density at radius 2 is 2.07 bits per heavy atom. The summed E-state index contributed by atoms with van der Waals surface area (Å²) >= 11 is 5.48. The van der Waals surface area contributed by atoms with Gasteiger partial charge in [0.2, 0.25) is 0 Å². The van der Waals surface area contributed by atoms with Gasteiger partial charge >= 0.3 is 0 Å². The van der Waals surface area contributed by atoms with Gasteiger partial charge in [-0.15, -0.1) is 0 Å². The molecule has 1 amide bonds. The van der Waals surface area contributed by atoms with E-state index in [0.717, 1.165) is 17.2 Å². The van der Waals surface area contributed by atoms with Crippen LogP contribution in [0.4, 0.5) is 8.78 Å². The number of nitrogens with zero attached hydrogens (tertiary/aromatic N) is 1. The van der Waals surface area contributed by atoms with Gasteiger partial charge in [-0.3, -0.25) is 9.63 Å². The van der Waals surface area contributed by atoms with E-state index in [-0.39, 0.29) is 5.56 Å². The minimum atomic E-state index is -1.24. The van der Waals surface area contributed by atoms with Crippen molar-refractivity contribution in [2.24, 2.45) is 0 Å². The summed E-state index contributed by atoms with van der Waals surface area (Å²) in [4.78, 5) is 16.1. The van der Waals surface area contributed by atoms with Crippen LogP contribution in [0.15, 0.2) is 12.1 Å². The standard InChI is InChI=1S/C9H8ClF2NO2/c1-13(15-2)9(14)5-3-4-6(11)8(12)7(5)10/h3-4H,1-2H3. The highest BCUT2D eigenvalue weighted by atomic mass is 35.5. The van der Waals surface area contributed by atoms with Gasteiger partial charge in [0.25, 0.3) is 5.91 Å². The molecular formula is C9H8ClF2NO2. The number of carbonyl (C=O) groups excluding carboxylic acids is 1. The maximum Gasteiger partial charge on any atom is 0.278 e. The Bertz CT molecular complexity index is 398. The van der Waals surface area contributed by atoms with E-state index >= 15 is 0 Å². The number of halogens is 3. The zero-order chi connectivity index (χ0) is 11.6. The summed E-state index contributed by atoms with van der Waals surface area (Å²) in [5.41, 5.74) is -0.153. The van der Waals surface area contributed by atoms with Gasteiger partial charge in [0, 0.05) is 7.05 Å². The molecule has 0 spiro atoms. The molecule has 6 heteroatoms. The lowest BCUT2D eigenvalue weighted by Crippen LogP contribution is -2.25. The van der Waals surface area contributed by atoms with Gasteiger partial charge in [-0.2, -0.15) is 0 Å². The molecule has 0 saturated heterocycles. The second-order valence-electron chi connectivity index (χ2n) is 2.71. The molecule has 0 heterocycles. The predicted octanol–water partition coefficient (Wildman–Crippen LogP) is 2.25. The third kappa shape index (κ3) is 2.24. The molecule has 1 aromatic carbocycles. The Morgan fingerprint density at radius 1 is 1.47 bits per heavy atom. The van der Waals surface area contributed by atoms with Crippen molar-refractivity contribution >= 4 is 17.5 Å². The molecule has 0 fully saturated rings. The van der Waals surface area contributed by atoms with Crippen molar-refractivity contribution in [1.82, 2.24) is 5.06 Å². The largest absolute Gasteiger partial charge is 0.278 e. The van der Waals surface area contributed by atoms with Crippen molar-refractivity contribution in [2.45, 2.75) is 0 Å². The van der Waals surface area contributed by atoms with Crippen LogP contribution in [0.2, 0.25) is 5.02 Å². The molecule has 1 aromatic rings. The Morgan fingerprint density at radius 3 is 2.60 bits per heavy atom. The average molecular weight is 236 g/mol. The first kappa shape index (κ1) is 11.9. The van der Waals surface area contributed by atoms with Crippen molar-refractivity contribution in [1.29, 1.82) is 0 Å². The number of hydroxylamine groups is 2. The van der Waals surface area contributed by atoms with Crippen LogP contribution in [0, 0.1) is 11.6 Å². The van der Waals surface area contributed by atoms with E-state index in [1.165, 1.54) is 14.2 Å². The fourth-order valence-corrected chi connectivity index (χ4v) is 1.18. The van der Waals surface area contributed by atoms with Crippen LogP contribution in [0.3, 0.4) is 0 Å². The Balaban J connectivity index is 3.16. The van der Waals surface area contributed by atoms with E-state index in [1.807, 2.05) is 0 Å². The monoisotopic (exact) mass is 235 g/mol.